The third-order valence-corrected chi connectivity index (χ3v) is 7.21. The van der Waals surface area contributed by atoms with Gasteiger partial charge in [-0.1, -0.05) is 54.6 Å². The summed E-state index contributed by atoms with van der Waals surface area (Å²) in [5.41, 5.74) is 3.70. The van der Waals surface area contributed by atoms with Crippen LogP contribution in [0.3, 0.4) is 0 Å². The summed E-state index contributed by atoms with van der Waals surface area (Å²) in [6.45, 7) is 1.36. The zero-order valence-electron chi connectivity index (χ0n) is 19.4. The largest absolute Gasteiger partial charge is 0.478 e. The molecule has 1 saturated heterocycles. The molecule has 0 spiro atoms. The van der Waals surface area contributed by atoms with Gasteiger partial charge in [0.15, 0.2) is 0 Å². The lowest BCUT2D eigenvalue weighted by Gasteiger charge is -2.40. The summed E-state index contributed by atoms with van der Waals surface area (Å²) in [4.78, 5) is 39.3. The van der Waals surface area contributed by atoms with Crippen LogP contribution in [0.4, 0.5) is 4.79 Å². The molecule has 0 saturated carbocycles. The van der Waals surface area contributed by atoms with Crippen molar-refractivity contribution >= 4 is 18.0 Å². The maximum atomic E-state index is 13.5. The van der Waals surface area contributed by atoms with Crippen LogP contribution in [0.15, 0.2) is 60.2 Å². The summed E-state index contributed by atoms with van der Waals surface area (Å²) in [5.74, 6) is -1.26. The van der Waals surface area contributed by atoms with Crippen molar-refractivity contribution in [2.45, 2.75) is 30.7 Å². The molecule has 0 radical (unpaired) electrons. The first-order valence-corrected chi connectivity index (χ1v) is 11.9. The molecule has 1 aliphatic carbocycles. The molecule has 8 heteroatoms. The minimum atomic E-state index is -1.13. The molecule has 2 heterocycles. The fourth-order valence-corrected chi connectivity index (χ4v) is 5.29. The molecule has 182 valence electrons. The van der Waals surface area contributed by atoms with Crippen molar-refractivity contribution in [2.24, 2.45) is 0 Å². The summed E-state index contributed by atoms with van der Waals surface area (Å²) in [5, 5.41) is 12.1. The van der Waals surface area contributed by atoms with E-state index in [1.165, 1.54) is 0 Å². The van der Waals surface area contributed by atoms with E-state index in [-0.39, 0.29) is 31.4 Å². The predicted octanol–water partition coefficient (Wildman–Crippen LogP) is 3.32. The second kappa shape index (κ2) is 9.54. The van der Waals surface area contributed by atoms with Crippen LogP contribution in [0, 0.1) is 0 Å². The molecular weight excluding hydrogens is 448 g/mol. The van der Waals surface area contributed by atoms with E-state index in [1.54, 1.807) is 11.0 Å². The molecular formula is C27H28N2O6. The fourth-order valence-electron chi connectivity index (χ4n) is 5.29. The lowest BCUT2D eigenvalue weighted by Crippen LogP contribution is -2.62. The Labute approximate surface area is 203 Å². The van der Waals surface area contributed by atoms with Crippen LogP contribution in [-0.4, -0.2) is 66.4 Å². The van der Waals surface area contributed by atoms with Gasteiger partial charge in [0.1, 0.15) is 12.1 Å². The number of fused-ring (bicyclic) bond motifs is 3. The molecule has 2 aromatic rings. The SMILES string of the molecule is O=C(NC1(C(=O)N2CC=C(C(=O)O)CC2)CCOCC1)OCC1c2ccccc2-c2ccccc21. The monoisotopic (exact) mass is 476 g/mol. The van der Waals surface area contributed by atoms with E-state index in [0.717, 1.165) is 22.3 Å². The average molecular weight is 477 g/mol. The van der Waals surface area contributed by atoms with Crippen LogP contribution in [0.25, 0.3) is 11.1 Å². The molecule has 2 aliphatic heterocycles. The first-order valence-electron chi connectivity index (χ1n) is 11.9. The Hall–Kier alpha value is -3.65. The van der Waals surface area contributed by atoms with Gasteiger partial charge in [-0.3, -0.25) is 4.79 Å². The Bertz CT molecular complexity index is 1140. The number of benzene rings is 2. The number of hydrogen-bond donors (Lipinski definition) is 2. The number of amides is 2. The van der Waals surface area contributed by atoms with Crippen LogP contribution >= 0.6 is 0 Å². The molecule has 3 aliphatic rings. The van der Waals surface area contributed by atoms with Crippen molar-refractivity contribution in [3.63, 3.8) is 0 Å². The number of nitrogens with one attached hydrogen (secondary N) is 1. The second-order valence-electron chi connectivity index (χ2n) is 9.18. The number of hydrogen-bond acceptors (Lipinski definition) is 5. The van der Waals surface area contributed by atoms with Crippen LogP contribution in [0.5, 0.6) is 0 Å². The minimum absolute atomic E-state index is 0.0730. The molecule has 0 atom stereocenters. The molecule has 2 amide bonds. The lowest BCUT2D eigenvalue weighted by atomic mass is 9.87. The summed E-state index contributed by atoms with van der Waals surface area (Å²) < 4.78 is 11.2. The third-order valence-electron chi connectivity index (χ3n) is 7.21. The number of carbonyl (C=O) groups is 3. The van der Waals surface area contributed by atoms with E-state index in [2.05, 4.69) is 29.6 Å². The van der Waals surface area contributed by atoms with Crippen molar-refractivity contribution in [1.82, 2.24) is 10.2 Å². The fraction of sp³-hybridized carbons (Fsp3) is 0.370. The maximum absolute atomic E-state index is 13.5. The summed E-state index contributed by atoms with van der Waals surface area (Å²) in [7, 11) is 0. The van der Waals surface area contributed by atoms with E-state index in [1.807, 2.05) is 24.3 Å². The number of aliphatic carboxylic acids is 1. The second-order valence-corrected chi connectivity index (χ2v) is 9.18. The van der Waals surface area contributed by atoms with Crippen LogP contribution in [0.1, 0.15) is 36.3 Å². The van der Waals surface area contributed by atoms with Gasteiger partial charge in [-0.25, -0.2) is 9.59 Å². The molecule has 35 heavy (non-hydrogen) atoms. The summed E-state index contributed by atoms with van der Waals surface area (Å²) in [6, 6.07) is 16.2. The summed E-state index contributed by atoms with van der Waals surface area (Å²) >= 11 is 0. The Balaban J connectivity index is 1.29. The number of carboxylic acids is 1. The summed E-state index contributed by atoms with van der Waals surface area (Å²) in [6.07, 6.45) is 1.87. The molecule has 0 aromatic heterocycles. The van der Waals surface area contributed by atoms with E-state index in [4.69, 9.17) is 9.47 Å². The quantitative estimate of drug-likeness (QED) is 0.686. The van der Waals surface area contributed by atoms with Gasteiger partial charge in [0.05, 0.1) is 0 Å². The standard InChI is InChI=1S/C27H28N2O6/c30-24(31)18-9-13-29(14-10-18)25(32)27(11-15-34-16-12-27)28-26(33)35-17-23-21-7-3-1-5-19(21)20-6-2-4-8-22(20)23/h1-9,23H,10-17H2,(H,28,33)(H,30,31). The maximum Gasteiger partial charge on any atom is 0.408 e. The number of alkyl carbamates (subject to hydrolysis) is 1. The smallest absolute Gasteiger partial charge is 0.408 e. The van der Waals surface area contributed by atoms with Gasteiger partial charge in [-0.2, -0.15) is 0 Å². The molecule has 2 aromatic carbocycles. The van der Waals surface area contributed by atoms with E-state index in [9.17, 15) is 19.5 Å². The van der Waals surface area contributed by atoms with Crippen LogP contribution < -0.4 is 5.32 Å². The van der Waals surface area contributed by atoms with Crippen LogP contribution in [-0.2, 0) is 19.1 Å². The molecule has 5 rings (SSSR count). The highest BCUT2D eigenvalue weighted by atomic mass is 16.5. The van der Waals surface area contributed by atoms with Gasteiger partial charge in [0, 0.05) is 50.6 Å². The highest BCUT2D eigenvalue weighted by Crippen LogP contribution is 2.44. The van der Waals surface area contributed by atoms with Crippen LogP contribution in [0.2, 0.25) is 0 Å². The molecule has 1 fully saturated rings. The number of carboxylic acid groups (broad SMARTS) is 1. The zero-order chi connectivity index (χ0) is 24.4. The zero-order valence-corrected chi connectivity index (χ0v) is 19.4. The van der Waals surface area contributed by atoms with Crippen molar-refractivity contribution in [1.29, 1.82) is 0 Å². The number of nitrogens with zero attached hydrogens (tertiary/aromatic N) is 1. The van der Waals surface area contributed by atoms with Gasteiger partial charge in [-0.05, 0) is 28.7 Å². The first-order chi connectivity index (χ1) is 17.0. The van der Waals surface area contributed by atoms with Gasteiger partial charge in [0.2, 0.25) is 5.91 Å². The Morgan fingerprint density at radius 2 is 1.66 bits per heavy atom. The first kappa shape index (κ1) is 23.1. The van der Waals surface area contributed by atoms with E-state index < -0.39 is 17.6 Å². The van der Waals surface area contributed by atoms with E-state index in [0.29, 0.717) is 38.2 Å². The van der Waals surface area contributed by atoms with Gasteiger partial charge in [0.25, 0.3) is 0 Å². The van der Waals surface area contributed by atoms with Crippen molar-refractivity contribution in [3.8, 4) is 11.1 Å². The highest BCUT2D eigenvalue weighted by Gasteiger charge is 2.45. The molecule has 8 nitrogen and oxygen atoms in total. The van der Waals surface area contributed by atoms with Gasteiger partial charge in [-0.15, -0.1) is 0 Å². The molecule has 0 unspecified atom stereocenters. The van der Waals surface area contributed by atoms with Gasteiger partial charge < -0.3 is 24.8 Å². The Kier molecular flexibility index (Phi) is 6.30. The Morgan fingerprint density at radius 3 is 2.23 bits per heavy atom. The number of rotatable bonds is 5. The highest BCUT2D eigenvalue weighted by molar-refractivity contribution is 5.92. The topological polar surface area (TPSA) is 105 Å². The Morgan fingerprint density at radius 1 is 1.03 bits per heavy atom. The normalized spacial score (nSPS) is 18.7. The number of ether oxygens (including phenoxy) is 2. The van der Waals surface area contributed by atoms with Crippen molar-refractivity contribution in [3.05, 3.63) is 71.3 Å². The van der Waals surface area contributed by atoms with Crippen molar-refractivity contribution < 1.29 is 29.0 Å². The minimum Gasteiger partial charge on any atom is -0.478 e. The lowest BCUT2D eigenvalue weighted by molar-refractivity contribution is -0.142. The predicted molar refractivity (Wildman–Crippen MR) is 128 cm³/mol. The van der Waals surface area contributed by atoms with Crippen molar-refractivity contribution in [2.75, 3.05) is 32.9 Å². The third kappa shape index (κ3) is 4.41. The molecule has 2 N–H and O–H groups in total. The average Bonchev–Trinajstić information content (AvgIpc) is 3.21. The van der Waals surface area contributed by atoms with Gasteiger partial charge >= 0.3 is 12.1 Å². The number of carbonyl (C=O) groups excluding carboxylic acids is 2. The van der Waals surface area contributed by atoms with E-state index >= 15 is 0 Å². The molecule has 0 bridgehead atoms.